The summed E-state index contributed by atoms with van der Waals surface area (Å²) in [6, 6.07) is 6.01. The predicted octanol–water partition coefficient (Wildman–Crippen LogP) is 2.08. The molecule has 2 rings (SSSR count). The molecule has 3 N–H and O–H groups in total. The summed E-state index contributed by atoms with van der Waals surface area (Å²) in [5.41, 5.74) is 3.11. The van der Waals surface area contributed by atoms with Crippen molar-refractivity contribution in [2.75, 3.05) is 37.4 Å². The number of fused-ring (bicyclic) bond motifs is 1. The van der Waals surface area contributed by atoms with Gasteiger partial charge in [0.05, 0.1) is 6.04 Å². The summed E-state index contributed by atoms with van der Waals surface area (Å²) >= 11 is 0. The van der Waals surface area contributed by atoms with Crippen LogP contribution in [0.25, 0.3) is 0 Å². The molecule has 0 bridgehead atoms. The Hall–Kier alpha value is -1.59. The summed E-state index contributed by atoms with van der Waals surface area (Å²) in [5.74, 6) is 0.0817. The van der Waals surface area contributed by atoms with E-state index in [0.717, 1.165) is 50.1 Å². The molecule has 22 heavy (non-hydrogen) atoms. The quantitative estimate of drug-likeness (QED) is 0.643. The first kappa shape index (κ1) is 16.8. The van der Waals surface area contributed by atoms with E-state index >= 15 is 0 Å². The van der Waals surface area contributed by atoms with Crippen molar-refractivity contribution >= 4 is 17.3 Å². The smallest absolute Gasteiger partial charge is 0.242 e. The van der Waals surface area contributed by atoms with Crippen LogP contribution in [0.1, 0.15) is 31.7 Å². The van der Waals surface area contributed by atoms with E-state index in [-0.39, 0.29) is 18.6 Å². The number of nitrogens with zero attached hydrogens (tertiary/aromatic N) is 1. The van der Waals surface area contributed by atoms with Gasteiger partial charge in [0.1, 0.15) is 0 Å². The Bertz CT molecular complexity index is 505. The van der Waals surface area contributed by atoms with Gasteiger partial charge in [-0.1, -0.05) is 13.0 Å². The number of hydrogen-bond acceptors (Lipinski definition) is 4. The number of aliphatic hydroxyl groups is 1. The third kappa shape index (κ3) is 3.99. The number of carbonyl (C=O) groups excluding carboxylic acids is 1. The average Bonchev–Trinajstić information content (AvgIpc) is 2.53. The Morgan fingerprint density at radius 2 is 2.18 bits per heavy atom. The molecule has 0 saturated carbocycles. The maximum Gasteiger partial charge on any atom is 0.242 e. The minimum absolute atomic E-state index is 0.0817. The molecule has 1 heterocycles. The molecule has 0 saturated heterocycles. The number of hydrogen-bond donors (Lipinski definition) is 3. The lowest BCUT2D eigenvalue weighted by molar-refractivity contribution is -0.121. The highest BCUT2D eigenvalue weighted by molar-refractivity contribution is 5.98. The number of amides is 1. The molecule has 0 spiro atoms. The van der Waals surface area contributed by atoms with Crippen molar-refractivity contribution in [2.45, 2.75) is 38.6 Å². The first-order valence-electron chi connectivity index (χ1n) is 8.16. The van der Waals surface area contributed by atoms with E-state index in [0.29, 0.717) is 0 Å². The van der Waals surface area contributed by atoms with Gasteiger partial charge in [0.15, 0.2) is 0 Å². The maximum atomic E-state index is 12.5. The van der Waals surface area contributed by atoms with Crippen molar-refractivity contribution in [1.82, 2.24) is 4.90 Å². The number of benzene rings is 1. The second kappa shape index (κ2) is 8.15. The first-order chi connectivity index (χ1) is 10.7. The molecular formula is C17H27N3O2. The summed E-state index contributed by atoms with van der Waals surface area (Å²) in [5, 5.41) is 15.1. The van der Waals surface area contributed by atoms with Crippen molar-refractivity contribution in [3.8, 4) is 0 Å². The Morgan fingerprint density at radius 3 is 2.86 bits per heavy atom. The summed E-state index contributed by atoms with van der Waals surface area (Å²) in [6.45, 7) is 4.11. The molecule has 1 atom stereocenters. The van der Waals surface area contributed by atoms with Gasteiger partial charge >= 0.3 is 0 Å². The SMILES string of the molecule is CCCN(CCCCO)C1Cc2ccc(NC)cc2NC1=O. The fourth-order valence-electron chi connectivity index (χ4n) is 2.98. The minimum atomic E-state index is -0.105. The molecule has 1 unspecified atom stereocenters. The number of anilines is 2. The van der Waals surface area contributed by atoms with Crippen molar-refractivity contribution in [3.63, 3.8) is 0 Å². The third-order valence-corrected chi connectivity index (χ3v) is 4.18. The predicted molar refractivity (Wildman–Crippen MR) is 90.3 cm³/mol. The Labute approximate surface area is 132 Å². The molecule has 1 aliphatic heterocycles. The summed E-state index contributed by atoms with van der Waals surface area (Å²) in [6.07, 6.45) is 3.49. The fourth-order valence-corrected chi connectivity index (χ4v) is 2.98. The van der Waals surface area contributed by atoms with Crippen LogP contribution >= 0.6 is 0 Å². The Kier molecular flexibility index (Phi) is 6.21. The lowest BCUT2D eigenvalue weighted by Gasteiger charge is -2.34. The van der Waals surface area contributed by atoms with Gasteiger partial charge in [-0.25, -0.2) is 0 Å². The molecular weight excluding hydrogens is 278 g/mol. The standard InChI is InChI=1S/C17H27N3O2/c1-3-8-20(9-4-5-10-21)16-11-13-6-7-14(18-2)12-15(13)19-17(16)22/h6-7,12,16,18,21H,3-5,8-11H2,1-2H3,(H,19,22). The topological polar surface area (TPSA) is 64.6 Å². The highest BCUT2D eigenvalue weighted by atomic mass is 16.2. The van der Waals surface area contributed by atoms with Gasteiger partial charge in [-0.15, -0.1) is 0 Å². The number of aliphatic hydroxyl groups excluding tert-OH is 1. The van der Waals surface area contributed by atoms with E-state index in [1.54, 1.807) is 0 Å². The van der Waals surface area contributed by atoms with Gasteiger partial charge in [0.2, 0.25) is 5.91 Å². The Morgan fingerprint density at radius 1 is 1.36 bits per heavy atom. The van der Waals surface area contributed by atoms with Crippen LogP contribution in [0.2, 0.25) is 0 Å². The van der Waals surface area contributed by atoms with E-state index in [1.165, 1.54) is 5.56 Å². The summed E-state index contributed by atoms with van der Waals surface area (Å²) in [4.78, 5) is 14.7. The summed E-state index contributed by atoms with van der Waals surface area (Å²) in [7, 11) is 1.87. The van der Waals surface area contributed by atoms with Crippen molar-refractivity contribution in [3.05, 3.63) is 23.8 Å². The summed E-state index contributed by atoms with van der Waals surface area (Å²) < 4.78 is 0. The van der Waals surface area contributed by atoms with Crippen molar-refractivity contribution in [1.29, 1.82) is 0 Å². The molecule has 122 valence electrons. The molecule has 1 amide bonds. The van der Waals surface area contributed by atoms with Gasteiger partial charge in [0.25, 0.3) is 0 Å². The van der Waals surface area contributed by atoms with Gasteiger partial charge in [-0.3, -0.25) is 9.69 Å². The van der Waals surface area contributed by atoms with Crippen LogP contribution in [0.5, 0.6) is 0 Å². The number of rotatable bonds is 8. The van der Waals surface area contributed by atoms with Crippen LogP contribution < -0.4 is 10.6 Å². The molecule has 0 aliphatic carbocycles. The third-order valence-electron chi connectivity index (χ3n) is 4.18. The zero-order valence-corrected chi connectivity index (χ0v) is 13.6. The van der Waals surface area contributed by atoms with Gasteiger partial charge in [0, 0.05) is 25.0 Å². The molecule has 5 heteroatoms. The Balaban J connectivity index is 2.11. The number of carbonyl (C=O) groups is 1. The maximum absolute atomic E-state index is 12.5. The normalized spacial score (nSPS) is 17.3. The lowest BCUT2D eigenvalue weighted by Crippen LogP contribution is -2.48. The van der Waals surface area contributed by atoms with Crippen LogP contribution in [-0.4, -0.2) is 48.7 Å². The van der Waals surface area contributed by atoms with Gasteiger partial charge in [-0.2, -0.15) is 0 Å². The highest BCUT2D eigenvalue weighted by Crippen LogP contribution is 2.28. The van der Waals surface area contributed by atoms with E-state index in [4.69, 9.17) is 5.11 Å². The first-order valence-corrected chi connectivity index (χ1v) is 8.16. The molecule has 5 nitrogen and oxygen atoms in total. The van der Waals surface area contributed by atoms with Crippen LogP contribution in [0.3, 0.4) is 0 Å². The van der Waals surface area contributed by atoms with E-state index < -0.39 is 0 Å². The zero-order valence-electron chi connectivity index (χ0n) is 13.6. The molecule has 0 aromatic heterocycles. The van der Waals surface area contributed by atoms with Crippen LogP contribution in [0.15, 0.2) is 18.2 Å². The van der Waals surface area contributed by atoms with Crippen molar-refractivity contribution < 1.29 is 9.90 Å². The second-order valence-electron chi connectivity index (χ2n) is 5.80. The van der Waals surface area contributed by atoms with Crippen molar-refractivity contribution in [2.24, 2.45) is 0 Å². The molecule has 1 aromatic carbocycles. The zero-order chi connectivity index (χ0) is 15.9. The molecule has 0 fully saturated rings. The second-order valence-corrected chi connectivity index (χ2v) is 5.80. The monoisotopic (exact) mass is 305 g/mol. The van der Waals surface area contributed by atoms with E-state index in [2.05, 4.69) is 28.5 Å². The van der Waals surface area contributed by atoms with Crippen LogP contribution in [0, 0.1) is 0 Å². The van der Waals surface area contributed by atoms with Gasteiger partial charge < -0.3 is 15.7 Å². The lowest BCUT2D eigenvalue weighted by atomic mass is 9.97. The molecule has 1 aromatic rings. The largest absolute Gasteiger partial charge is 0.396 e. The molecule has 0 radical (unpaired) electrons. The number of nitrogens with one attached hydrogen (secondary N) is 2. The average molecular weight is 305 g/mol. The molecule has 1 aliphatic rings. The van der Waals surface area contributed by atoms with E-state index in [9.17, 15) is 4.79 Å². The fraction of sp³-hybridized carbons (Fsp3) is 0.588. The number of unbranched alkanes of at least 4 members (excludes halogenated alkanes) is 1. The van der Waals surface area contributed by atoms with E-state index in [1.807, 2.05) is 19.2 Å². The minimum Gasteiger partial charge on any atom is -0.396 e. The highest BCUT2D eigenvalue weighted by Gasteiger charge is 2.30. The van der Waals surface area contributed by atoms with Crippen LogP contribution in [0.4, 0.5) is 11.4 Å². The van der Waals surface area contributed by atoms with Gasteiger partial charge in [-0.05, 0) is 56.5 Å². The van der Waals surface area contributed by atoms with Crippen LogP contribution in [-0.2, 0) is 11.2 Å².